The van der Waals surface area contributed by atoms with Gasteiger partial charge in [0.1, 0.15) is 5.69 Å². The van der Waals surface area contributed by atoms with Crippen LogP contribution in [0.25, 0.3) is 12.2 Å². The highest BCUT2D eigenvalue weighted by Gasteiger charge is 2.32. The number of thiophene rings is 1. The van der Waals surface area contributed by atoms with E-state index in [1.54, 1.807) is 17.1 Å². The molecule has 3 nitrogen and oxygen atoms in total. The number of halogens is 4. The van der Waals surface area contributed by atoms with E-state index in [0.717, 1.165) is 14.7 Å². The first kappa shape index (κ1) is 14.0. The average molecular weight is 351 g/mol. The van der Waals surface area contributed by atoms with Gasteiger partial charge in [-0.2, -0.15) is 18.2 Å². The molecule has 0 saturated heterocycles. The van der Waals surface area contributed by atoms with E-state index in [2.05, 4.69) is 20.9 Å². The minimum Gasteiger partial charge on any atom is -0.302 e. The second kappa shape index (κ2) is 5.30. The van der Waals surface area contributed by atoms with Gasteiger partial charge < -0.3 is 4.98 Å². The Balaban J connectivity index is 2.33. The van der Waals surface area contributed by atoms with Gasteiger partial charge in [-0.05, 0) is 46.3 Å². The Morgan fingerprint density at radius 3 is 2.63 bits per heavy atom. The van der Waals surface area contributed by atoms with Crippen molar-refractivity contribution < 1.29 is 13.2 Å². The third-order valence-corrected chi connectivity index (χ3v) is 3.67. The lowest BCUT2D eigenvalue weighted by Crippen LogP contribution is -2.19. The molecule has 0 unspecified atom stereocenters. The van der Waals surface area contributed by atoms with Crippen molar-refractivity contribution >= 4 is 39.4 Å². The summed E-state index contributed by atoms with van der Waals surface area (Å²) in [5.41, 5.74) is -2.18. The number of nitrogens with one attached hydrogen (secondary N) is 1. The molecule has 8 heteroatoms. The minimum atomic E-state index is -4.60. The SMILES string of the molecule is O=c1nc(/C=C/c2ccc(Br)s2)cc(C(F)(F)F)[nH]1. The van der Waals surface area contributed by atoms with Crippen molar-refractivity contribution in [3.05, 3.63) is 48.7 Å². The van der Waals surface area contributed by atoms with Crippen LogP contribution in [0.2, 0.25) is 0 Å². The van der Waals surface area contributed by atoms with Crippen molar-refractivity contribution in [2.75, 3.05) is 0 Å². The normalized spacial score (nSPS) is 12.2. The lowest BCUT2D eigenvalue weighted by Gasteiger charge is -2.05. The summed E-state index contributed by atoms with van der Waals surface area (Å²) >= 11 is 4.69. The van der Waals surface area contributed by atoms with Crippen LogP contribution < -0.4 is 5.69 Å². The fourth-order valence-corrected chi connectivity index (χ4v) is 2.63. The fourth-order valence-electron chi connectivity index (χ4n) is 1.30. The van der Waals surface area contributed by atoms with Gasteiger partial charge in [0.25, 0.3) is 0 Å². The van der Waals surface area contributed by atoms with Crippen LogP contribution in [0.5, 0.6) is 0 Å². The van der Waals surface area contributed by atoms with Crippen molar-refractivity contribution in [2.45, 2.75) is 6.18 Å². The van der Waals surface area contributed by atoms with Crippen LogP contribution in [-0.2, 0) is 6.18 Å². The van der Waals surface area contributed by atoms with E-state index in [0.29, 0.717) is 0 Å². The van der Waals surface area contributed by atoms with E-state index >= 15 is 0 Å². The highest BCUT2D eigenvalue weighted by atomic mass is 79.9. The molecule has 0 aliphatic carbocycles. The molecule has 2 aromatic heterocycles. The van der Waals surface area contributed by atoms with Crippen LogP contribution in [0.4, 0.5) is 13.2 Å². The van der Waals surface area contributed by atoms with E-state index in [9.17, 15) is 18.0 Å². The molecule has 0 aliphatic heterocycles. The number of rotatable bonds is 2. The lowest BCUT2D eigenvalue weighted by atomic mass is 10.3. The number of aromatic nitrogens is 2. The summed E-state index contributed by atoms with van der Waals surface area (Å²) in [6.07, 6.45) is -1.64. The van der Waals surface area contributed by atoms with Gasteiger partial charge in [0.05, 0.1) is 9.48 Å². The van der Waals surface area contributed by atoms with Gasteiger partial charge in [0.2, 0.25) is 0 Å². The molecular weight excluding hydrogens is 345 g/mol. The molecule has 2 aromatic rings. The summed E-state index contributed by atoms with van der Waals surface area (Å²) in [5, 5.41) is 0. The van der Waals surface area contributed by atoms with Crippen molar-refractivity contribution in [1.82, 2.24) is 9.97 Å². The van der Waals surface area contributed by atoms with E-state index in [4.69, 9.17) is 0 Å². The van der Waals surface area contributed by atoms with Crippen LogP contribution in [0.15, 0.2) is 26.8 Å². The maximum atomic E-state index is 12.5. The molecule has 2 rings (SSSR count). The van der Waals surface area contributed by atoms with Crippen molar-refractivity contribution in [3.8, 4) is 0 Å². The molecule has 0 bridgehead atoms. The highest BCUT2D eigenvalue weighted by molar-refractivity contribution is 9.11. The first-order valence-corrected chi connectivity index (χ1v) is 6.57. The molecule has 0 saturated carbocycles. The third-order valence-electron chi connectivity index (χ3n) is 2.08. The smallest absolute Gasteiger partial charge is 0.302 e. The fraction of sp³-hybridized carbons (Fsp3) is 0.0909. The van der Waals surface area contributed by atoms with Crippen molar-refractivity contribution in [2.24, 2.45) is 0 Å². The number of H-pyrrole nitrogens is 1. The Labute approximate surface area is 117 Å². The predicted octanol–water partition coefficient (Wildman–Crippen LogP) is 3.78. The second-order valence-corrected chi connectivity index (χ2v) is 5.99. The number of hydrogen-bond donors (Lipinski definition) is 1. The van der Waals surface area contributed by atoms with E-state index in [1.165, 1.54) is 17.4 Å². The number of alkyl halides is 3. The zero-order valence-electron chi connectivity index (χ0n) is 9.16. The Morgan fingerprint density at radius 1 is 1.32 bits per heavy atom. The van der Waals surface area contributed by atoms with Gasteiger partial charge in [-0.1, -0.05) is 0 Å². The monoisotopic (exact) mass is 350 g/mol. The molecule has 100 valence electrons. The Bertz CT molecular complexity index is 675. The van der Waals surface area contributed by atoms with Crippen molar-refractivity contribution in [3.63, 3.8) is 0 Å². The molecule has 0 amide bonds. The quantitative estimate of drug-likeness (QED) is 0.895. The third kappa shape index (κ3) is 3.77. The Hall–Kier alpha value is -1.41. The maximum Gasteiger partial charge on any atom is 0.431 e. The summed E-state index contributed by atoms with van der Waals surface area (Å²) in [5.74, 6) is 0. The molecular formula is C11H6BrF3N2OS. The summed E-state index contributed by atoms with van der Waals surface area (Å²) in [4.78, 5) is 17.0. The number of nitrogens with zero attached hydrogens (tertiary/aromatic N) is 1. The largest absolute Gasteiger partial charge is 0.431 e. The molecule has 0 fully saturated rings. The summed E-state index contributed by atoms with van der Waals surface area (Å²) in [6, 6.07) is 4.40. The van der Waals surface area contributed by atoms with Crippen LogP contribution in [0.3, 0.4) is 0 Å². The Morgan fingerprint density at radius 2 is 2.05 bits per heavy atom. The second-order valence-electron chi connectivity index (χ2n) is 3.50. The molecule has 0 radical (unpaired) electrons. The van der Waals surface area contributed by atoms with Gasteiger partial charge in [-0.3, -0.25) is 0 Å². The van der Waals surface area contributed by atoms with Crippen LogP contribution in [-0.4, -0.2) is 9.97 Å². The topological polar surface area (TPSA) is 45.8 Å². The maximum absolute atomic E-state index is 12.5. The van der Waals surface area contributed by atoms with E-state index in [-0.39, 0.29) is 5.69 Å². The first-order valence-electron chi connectivity index (χ1n) is 4.96. The van der Waals surface area contributed by atoms with Gasteiger partial charge in [-0.15, -0.1) is 11.3 Å². The molecule has 0 aliphatic rings. The molecule has 2 heterocycles. The molecule has 1 N–H and O–H groups in total. The first-order chi connectivity index (χ1) is 8.84. The minimum absolute atomic E-state index is 0.0411. The average Bonchev–Trinajstić information content (AvgIpc) is 2.71. The van der Waals surface area contributed by atoms with Gasteiger partial charge in [0.15, 0.2) is 0 Å². The number of aromatic amines is 1. The molecule has 0 spiro atoms. The summed E-state index contributed by atoms with van der Waals surface area (Å²) < 4.78 is 38.4. The van der Waals surface area contributed by atoms with Crippen LogP contribution in [0, 0.1) is 0 Å². The predicted molar refractivity (Wildman–Crippen MR) is 70.8 cm³/mol. The van der Waals surface area contributed by atoms with Gasteiger partial charge in [0, 0.05) is 4.88 Å². The van der Waals surface area contributed by atoms with Crippen LogP contribution in [0.1, 0.15) is 16.3 Å². The van der Waals surface area contributed by atoms with Gasteiger partial charge >= 0.3 is 11.9 Å². The molecule has 0 aromatic carbocycles. The zero-order chi connectivity index (χ0) is 14.0. The lowest BCUT2D eigenvalue weighted by molar-refractivity contribution is -0.141. The van der Waals surface area contributed by atoms with Crippen molar-refractivity contribution in [1.29, 1.82) is 0 Å². The zero-order valence-corrected chi connectivity index (χ0v) is 11.6. The molecule has 19 heavy (non-hydrogen) atoms. The van der Waals surface area contributed by atoms with E-state index in [1.807, 2.05) is 6.07 Å². The highest BCUT2D eigenvalue weighted by Crippen LogP contribution is 2.27. The summed E-state index contributed by atoms with van der Waals surface area (Å²) in [6.45, 7) is 0. The van der Waals surface area contributed by atoms with Crippen LogP contribution >= 0.6 is 27.3 Å². The van der Waals surface area contributed by atoms with Gasteiger partial charge in [-0.25, -0.2) is 4.79 Å². The molecule has 0 atom stereocenters. The Kier molecular flexibility index (Phi) is 3.91. The summed E-state index contributed by atoms with van der Waals surface area (Å²) in [7, 11) is 0. The van der Waals surface area contributed by atoms with E-state index < -0.39 is 17.6 Å². The standard InChI is InChI=1S/C11H6BrF3N2OS/c12-9-4-3-7(19-9)2-1-6-5-8(11(13,14)15)17-10(18)16-6/h1-5H,(H,16,17,18)/b2-1+. The number of hydrogen-bond acceptors (Lipinski definition) is 3.